The van der Waals surface area contributed by atoms with Crippen molar-refractivity contribution in [1.82, 2.24) is 29.8 Å². The molecule has 3 N–H and O–H groups in total. The molecule has 3 heterocycles. The van der Waals surface area contributed by atoms with Crippen LogP contribution in [-0.2, 0) is 4.74 Å². The fraction of sp³-hybridized carbons (Fsp3) is 0.261. The van der Waals surface area contributed by atoms with Crippen LogP contribution >= 0.6 is 0 Å². The fourth-order valence-electron chi connectivity index (χ4n) is 4.25. The summed E-state index contributed by atoms with van der Waals surface area (Å²) < 4.78 is 49.3. The van der Waals surface area contributed by atoms with Gasteiger partial charge in [-0.05, 0) is 30.3 Å². The maximum Gasteiger partial charge on any atom is 0.335 e. The molecule has 2 aromatic heterocycles. The van der Waals surface area contributed by atoms with E-state index >= 15 is 0 Å². The summed E-state index contributed by atoms with van der Waals surface area (Å²) in [5.41, 5.74) is 0.413. The standard InChI is InChI=1S/C23H19F3N6O5/c24-14-5-12(6-15(25)20(14)26)16-8-31(30-29-16)17-7-18(37-19(9-33)21(17)34)22-27-10-28-32(22)13-3-1-2-11(4-13)23(35)36/h1-6,8,10,17-19,21,33-34H,7,9H2,(H,35,36). The van der Waals surface area contributed by atoms with Gasteiger partial charge in [0.2, 0.25) is 0 Å². The second-order valence-corrected chi connectivity index (χ2v) is 8.36. The van der Waals surface area contributed by atoms with Gasteiger partial charge in [-0.15, -0.1) is 5.10 Å². The number of halogens is 3. The molecule has 192 valence electrons. The number of aromatic nitrogens is 6. The first-order valence-electron chi connectivity index (χ1n) is 11.0. The number of aromatic carboxylic acids is 1. The normalized spacial score (nSPS) is 21.8. The summed E-state index contributed by atoms with van der Waals surface area (Å²) in [7, 11) is 0. The van der Waals surface area contributed by atoms with Crippen molar-refractivity contribution < 1.29 is 38.0 Å². The molecular formula is C23H19F3N6O5. The first-order chi connectivity index (χ1) is 17.8. The Morgan fingerprint density at radius 2 is 1.92 bits per heavy atom. The fourth-order valence-corrected chi connectivity index (χ4v) is 4.25. The Bertz CT molecular complexity index is 1440. The molecule has 0 saturated carbocycles. The van der Waals surface area contributed by atoms with Crippen LogP contribution in [0.15, 0.2) is 48.9 Å². The smallest absolute Gasteiger partial charge is 0.335 e. The predicted octanol–water partition coefficient (Wildman–Crippen LogP) is 2.07. The largest absolute Gasteiger partial charge is 0.478 e. The van der Waals surface area contributed by atoms with Crippen LogP contribution in [0.25, 0.3) is 16.9 Å². The Labute approximate surface area is 206 Å². The van der Waals surface area contributed by atoms with Crippen molar-refractivity contribution in [1.29, 1.82) is 0 Å². The summed E-state index contributed by atoms with van der Waals surface area (Å²) >= 11 is 0. The van der Waals surface area contributed by atoms with Gasteiger partial charge in [0.15, 0.2) is 23.3 Å². The van der Waals surface area contributed by atoms with Crippen LogP contribution in [0.1, 0.15) is 34.7 Å². The highest BCUT2D eigenvalue weighted by atomic mass is 19.2. The van der Waals surface area contributed by atoms with Gasteiger partial charge in [-0.25, -0.2) is 32.3 Å². The van der Waals surface area contributed by atoms with Gasteiger partial charge < -0.3 is 20.1 Å². The number of nitrogens with zero attached hydrogens (tertiary/aromatic N) is 6. The van der Waals surface area contributed by atoms with E-state index in [1.165, 1.54) is 34.0 Å². The van der Waals surface area contributed by atoms with E-state index in [9.17, 15) is 33.3 Å². The summed E-state index contributed by atoms with van der Waals surface area (Å²) in [6, 6.07) is 6.75. The zero-order chi connectivity index (χ0) is 26.3. The number of hydrogen-bond donors (Lipinski definition) is 3. The summed E-state index contributed by atoms with van der Waals surface area (Å²) in [5.74, 6) is -5.22. The Kier molecular flexibility index (Phi) is 6.45. The minimum atomic E-state index is -1.61. The Morgan fingerprint density at radius 1 is 1.16 bits per heavy atom. The Morgan fingerprint density at radius 3 is 2.62 bits per heavy atom. The summed E-state index contributed by atoms with van der Waals surface area (Å²) in [6.45, 7) is -0.549. The second-order valence-electron chi connectivity index (χ2n) is 8.36. The van der Waals surface area contributed by atoms with Gasteiger partial charge in [0, 0.05) is 12.0 Å². The lowest BCUT2D eigenvalue weighted by Crippen LogP contribution is -2.45. The third-order valence-corrected chi connectivity index (χ3v) is 6.08. The minimum absolute atomic E-state index is 0.0299. The molecule has 5 rings (SSSR count). The molecule has 37 heavy (non-hydrogen) atoms. The lowest BCUT2D eigenvalue weighted by Gasteiger charge is -2.38. The van der Waals surface area contributed by atoms with Crippen molar-refractivity contribution in [3.8, 4) is 16.9 Å². The average Bonchev–Trinajstić information content (AvgIpc) is 3.58. The van der Waals surface area contributed by atoms with Crippen LogP contribution in [0.5, 0.6) is 0 Å². The van der Waals surface area contributed by atoms with Gasteiger partial charge in [-0.2, -0.15) is 5.10 Å². The molecule has 0 spiro atoms. The van der Waals surface area contributed by atoms with Crippen LogP contribution in [0.2, 0.25) is 0 Å². The number of aliphatic hydroxyl groups excluding tert-OH is 2. The van der Waals surface area contributed by atoms with Crippen LogP contribution < -0.4 is 0 Å². The van der Waals surface area contributed by atoms with Crippen LogP contribution in [-0.4, -0.2) is 69.9 Å². The van der Waals surface area contributed by atoms with E-state index in [1.807, 2.05) is 0 Å². The van der Waals surface area contributed by atoms with Crippen molar-refractivity contribution >= 4 is 5.97 Å². The first-order valence-corrected chi connectivity index (χ1v) is 11.0. The number of ether oxygens (including phenoxy) is 1. The number of benzene rings is 2. The van der Waals surface area contributed by atoms with Crippen molar-refractivity contribution in [2.45, 2.75) is 30.8 Å². The van der Waals surface area contributed by atoms with Crippen molar-refractivity contribution in [2.75, 3.05) is 6.61 Å². The maximum absolute atomic E-state index is 13.7. The van der Waals surface area contributed by atoms with Crippen molar-refractivity contribution in [3.63, 3.8) is 0 Å². The van der Waals surface area contributed by atoms with Crippen LogP contribution in [0.3, 0.4) is 0 Å². The molecule has 1 aliphatic rings. The zero-order valence-electron chi connectivity index (χ0n) is 18.8. The van der Waals surface area contributed by atoms with E-state index in [-0.39, 0.29) is 29.1 Å². The molecule has 11 nitrogen and oxygen atoms in total. The first kappa shape index (κ1) is 24.5. The average molecular weight is 516 g/mol. The van der Waals surface area contributed by atoms with E-state index in [0.29, 0.717) is 5.69 Å². The molecule has 1 aliphatic heterocycles. The number of aliphatic hydroxyl groups is 2. The number of carbonyl (C=O) groups is 1. The SMILES string of the molecule is O=C(O)c1cccc(-n2ncnc2C2CC(n3cc(-c4cc(F)c(F)c(F)c4)nn3)C(O)C(CO)O2)c1. The third kappa shape index (κ3) is 4.57. The summed E-state index contributed by atoms with van der Waals surface area (Å²) in [5, 5.41) is 42.0. The Balaban J connectivity index is 1.47. The zero-order valence-corrected chi connectivity index (χ0v) is 18.8. The molecule has 14 heteroatoms. The summed E-state index contributed by atoms with van der Waals surface area (Å²) in [4.78, 5) is 15.6. The molecule has 2 aromatic carbocycles. The maximum atomic E-state index is 13.7. The van der Waals surface area contributed by atoms with Crippen molar-refractivity contribution in [3.05, 3.63) is 77.8 Å². The molecule has 0 aliphatic carbocycles. The number of carboxylic acids is 1. The highest BCUT2D eigenvalue weighted by molar-refractivity contribution is 5.88. The number of hydrogen-bond acceptors (Lipinski definition) is 8. The molecule has 1 fully saturated rings. The highest BCUT2D eigenvalue weighted by Gasteiger charge is 2.41. The van der Waals surface area contributed by atoms with Gasteiger partial charge in [0.1, 0.15) is 30.3 Å². The van der Waals surface area contributed by atoms with Crippen molar-refractivity contribution in [2.24, 2.45) is 0 Å². The second kappa shape index (κ2) is 9.72. The lowest BCUT2D eigenvalue weighted by atomic mass is 9.95. The van der Waals surface area contributed by atoms with E-state index in [2.05, 4.69) is 20.4 Å². The molecule has 4 unspecified atom stereocenters. The summed E-state index contributed by atoms with van der Waals surface area (Å²) in [6.07, 6.45) is -0.473. The highest BCUT2D eigenvalue weighted by Crippen LogP contribution is 2.38. The molecule has 1 saturated heterocycles. The number of rotatable bonds is 6. The van der Waals surface area contributed by atoms with E-state index < -0.39 is 54.4 Å². The molecule has 0 bridgehead atoms. The van der Waals surface area contributed by atoms with E-state index in [0.717, 1.165) is 12.1 Å². The van der Waals surface area contributed by atoms with E-state index in [1.54, 1.807) is 12.1 Å². The topological polar surface area (TPSA) is 148 Å². The molecule has 4 atom stereocenters. The van der Waals surface area contributed by atoms with Gasteiger partial charge in [0.05, 0.1) is 30.1 Å². The lowest BCUT2D eigenvalue weighted by molar-refractivity contribution is -0.161. The quantitative estimate of drug-likeness (QED) is 0.328. The predicted molar refractivity (Wildman–Crippen MR) is 118 cm³/mol. The molecular weight excluding hydrogens is 497 g/mol. The van der Waals surface area contributed by atoms with Gasteiger partial charge >= 0.3 is 5.97 Å². The van der Waals surface area contributed by atoms with Gasteiger partial charge in [-0.3, -0.25) is 0 Å². The van der Waals surface area contributed by atoms with Gasteiger partial charge in [0.25, 0.3) is 0 Å². The molecule has 0 radical (unpaired) electrons. The molecule has 0 amide bonds. The van der Waals surface area contributed by atoms with E-state index in [4.69, 9.17) is 4.74 Å². The minimum Gasteiger partial charge on any atom is -0.478 e. The monoisotopic (exact) mass is 516 g/mol. The third-order valence-electron chi connectivity index (χ3n) is 6.08. The van der Waals surface area contributed by atoms with Gasteiger partial charge in [-0.1, -0.05) is 11.3 Å². The Hall–Kier alpha value is -4.14. The van der Waals surface area contributed by atoms with Crippen LogP contribution in [0.4, 0.5) is 13.2 Å². The molecule has 4 aromatic rings. The number of carboxylic acid groups (broad SMARTS) is 1. The van der Waals surface area contributed by atoms with Crippen LogP contribution in [0, 0.1) is 17.5 Å².